The van der Waals surface area contributed by atoms with Crippen molar-refractivity contribution in [3.8, 4) is 0 Å². The number of rotatable bonds is 4. The van der Waals surface area contributed by atoms with Gasteiger partial charge in [0.2, 0.25) is 0 Å². The van der Waals surface area contributed by atoms with E-state index >= 15 is 0 Å². The van der Waals surface area contributed by atoms with Crippen molar-refractivity contribution in [3.05, 3.63) is 46.8 Å². The molecule has 1 fully saturated rings. The van der Waals surface area contributed by atoms with Crippen molar-refractivity contribution in [2.45, 2.75) is 45.7 Å². The Morgan fingerprint density at radius 1 is 1.25 bits per heavy atom. The number of carbonyl (C=O) groups is 1. The van der Waals surface area contributed by atoms with E-state index in [4.69, 9.17) is 0 Å². The highest BCUT2D eigenvalue weighted by Crippen LogP contribution is 2.21. The van der Waals surface area contributed by atoms with Gasteiger partial charge in [-0.15, -0.1) is 5.10 Å². The summed E-state index contributed by atoms with van der Waals surface area (Å²) >= 11 is 0. The highest BCUT2D eigenvalue weighted by molar-refractivity contribution is 5.93. The fourth-order valence-electron chi connectivity index (χ4n) is 3.15. The minimum atomic E-state index is -0.166. The van der Waals surface area contributed by atoms with E-state index in [2.05, 4.69) is 40.0 Å². The van der Waals surface area contributed by atoms with Crippen molar-refractivity contribution in [2.24, 2.45) is 0 Å². The summed E-state index contributed by atoms with van der Waals surface area (Å²) < 4.78 is 1.91. The number of amides is 1. The van der Waals surface area contributed by atoms with Crippen LogP contribution in [0.4, 0.5) is 0 Å². The van der Waals surface area contributed by atoms with Gasteiger partial charge in [-0.25, -0.2) is 4.68 Å². The van der Waals surface area contributed by atoms with E-state index in [0.717, 1.165) is 37.2 Å². The van der Waals surface area contributed by atoms with Gasteiger partial charge in [0.25, 0.3) is 5.91 Å². The van der Waals surface area contributed by atoms with Gasteiger partial charge in [-0.05, 0) is 52.3 Å². The van der Waals surface area contributed by atoms with Crippen LogP contribution in [0, 0.1) is 13.8 Å². The summed E-state index contributed by atoms with van der Waals surface area (Å²) in [5, 5.41) is 14.7. The first-order chi connectivity index (χ1) is 11.6. The molecule has 0 bridgehead atoms. The summed E-state index contributed by atoms with van der Waals surface area (Å²) in [7, 11) is 0. The fraction of sp³-hybridized carbons (Fsp3) is 0.500. The van der Waals surface area contributed by atoms with Crippen molar-refractivity contribution in [2.75, 3.05) is 13.1 Å². The number of aryl methyl sites for hydroxylation is 1. The Hall–Kier alpha value is -2.21. The van der Waals surface area contributed by atoms with Crippen LogP contribution in [0.15, 0.2) is 24.3 Å². The van der Waals surface area contributed by atoms with E-state index in [1.165, 1.54) is 5.56 Å². The molecule has 1 amide bonds. The van der Waals surface area contributed by atoms with Gasteiger partial charge in [0.15, 0.2) is 5.69 Å². The number of nitrogens with zero attached hydrogens (tertiary/aromatic N) is 3. The number of nitrogens with one attached hydrogen (secondary N) is 2. The lowest BCUT2D eigenvalue weighted by atomic mass is 10.1. The molecule has 0 spiro atoms. The first-order valence-electron chi connectivity index (χ1n) is 8.56. The molecule has 2 aromatic rings. The lowest BCUT2D eigenvalue weighted by molar-refractivity contribution is 0.0934. The molecule has 1 aromatic heterocycles. The zero-order chi connectivity index (χ0) is 17.1. The lowest BCUT2D eigenvalue weighted by Crippen LogP contribution is -2.31. The number of hydrogen-bond acceptors (Lipinski definition) is 4. The topological polar surface area (TPSA) is 71.8 Å². The van der Waals surface area contributed by atoms with Crippen LogP contribution in [0.1, 0.15) is 59.2 Å². The van der Waals surface area contributed by atoms with Crippen LogP contribution in [0.5, 0.6) is 0 Å². The van der Waals surface area contributed by atoms with Crippen LogP contribution in [0.2, 0.25) is 0 Å². The minimum absolute atomic E-state index is 0.0680. The zero-order valence-electron chi connectivity index (χ0n) is 14.5. The van der Waals surface area contributed by atoms with Crippen LogP contribution < -0.4 is 10.6 Å². The molecule has 1 aliphatic rings. The second-order valence-corrected chi connectivity index (χ2v) is 6.56. The Kier molecular flexibility index (Phi) is 4.94. The van der Waals surface area contributed by atoms with Gasteiger partial charge in [0, 0.05) is 0 Å². The molecule has 1 atom stereocenters. The third kappa shape index (κ3) is 3.48. The molecule has 0 aliphatic carbocycles. The molecule has 1 saturated heterocycles. The van der Waals surface area contributed by atoms with Crippen molar-refractivity contribution in [1.29, 1.82) is 0 Å². The van der Waals surface area contributed by atoms with Crippen molar-refractivity contribution in [3.63, 3.8) is 0 Å². The van der Waals surface area contributed by atoms with E-state index < -0.39 is 0 Å². The van der Waals surface area contributed by atoms with Gasteiger partial charge >= 0.3 is 0 Å². The lowest BCUT2D eigenvalue weighted by Gasteiger charge is -2.23. The Labute approximate surface area is 142 Å². The van der Waals surface area contributed by atoms with Crippen LogP contribution >= 0.6 is 0 Å². The standard InChI is InChI=1S/C18H25N5O/c1-12-4-6-15(7-5-12)13(2)20-18(24)17-14(3)23(22-21-17)16-8-10-19-11-9-16/h4-7,13,16,19H,8-11H2,1-3H3,(H,20,24). The van der Waals surface area contributed by atoms with Gasteiger partial charge in [0.05, 0.1) is 17.8 Å². The Morgan fingerprint density at radius 2 is 1.92 bits per heavy atom. The predicted molar refractivity (Wildman–Crippen MR) is 93.0 cm³/mol. The monoisotopic (exact) mass is 327 g/mol. The summed E-state index contributed by atoms with van der Waals surface area (Å²) in [6, 6.07) is 8.45. The van der Waals surface area contributed by atoms with Crippen LogP contribution in [0.25, 0.3) is 0 Å². The Morgan fingerprint density at radius 3 is 2.58 bits per heavy atom. The molecule has 128 valence electrons. The van der Waals surface area contributed by atoms with Crippen molar-refractivity contribution in [1.82, 2.24) is 25.6 Å². The molecule has 0 saturated carbocycles. The van der Waals surface area contributed by atoms with E-state index in [1.807, 2.05) is 30.7 Å². The van der Waals surface area contributed by atoms with Gasteiger partial charge in [-0.3, -0.25) is 4.79 Å². The van der Waals surface area contributed by atoms with Crippen LogP contribution in [0.3, 0.4) is 0 Å². The van der Waals surface area contributed by atoms with Crippen molar-refractivity contribution < 1.29 is 4.79 Å². The quantitative estimate of drug-likeness (QED) is 0.904. The van der Waals surface area contributed by atoms with Crippen LogP contribution in [-0.4, -0.2) is 34.0 Å². The zero-order valence-corrected chi connectivity index (χ0v) is 14.5. The first kappa shape index (κ1) is 16.6. The van der Waals surface area contributed by atoms with Gasteiger partial charge in [-0.1, -0.05) is 35.0 Å². The summed E-state index contributed by atoms with van der Waals surface area (Å²) in [4.78, 5) is 12.6. The molecule has 1 unspecified atom stereocenters. The SMILES string of the molecule is Cc1ccc(C(C)NC(=O)c2nnn(C3CCNCC3)c2C)cc1. The number of aromatic nitrogens is 3. The molecule has 1 aromatic carbocycles. The summed E-state index contributed by atoms with van der Waals surface area (Å²) in [6.45, 7) is 7.92. The van der Waals surface area contributed by atoms with Gasteiger partial charge < -0.3 is 10.6 Å². The van der Waals surface area contributed by atoms with Crippen molar-refractivity contribution >= 4 is 5.91 Å². The average Bonchev–Trinajstić information content (AvgIpc) is 2.98. The summed E-state index contributed by atoms with van der Waals surface area (Å²) in [5.41, 5.74) is 3.55. The van der Waals surface area contributed by atoms with E-state index in [0.29, 0.717) is 11.7 Å². The average molecular weight is 327 g/mol. The Balaban J connectivity index is 1.70. The second kappa shape index (κ2) is 7.13. The fourth-order valence-corrected chi connectivity index (χ4v) is 3.15. The maximum Gasteiger partial charge on any atom is 0.274 e. The Bertz CT molecular complexity index is 701. The highest BCUT2D eigenvalue weighted by Gasteiger charge is 2.23. The van der Waals surface area contributed by atoms with Gasteiger partial charge in [-0.2, -0.15) is 0 Å². The predicted octanol–water partition coefficient (Wildman–Crippen LogP) is 2.31. The normalized spacial score (nSPS) is 16.8. The van der Waals surface area contributed by atoms with Crippen LogP contribution in [-0.2, 0) is 0 Å². The number of carbonyl (C=O) groups excluding carboxylic acids is 1. The molecule has 1 aliphatic heterocycles. The smallest absolute Gasteiger partial charge is 0.274 e. The summed E-state index contributed by atoms with van der Waals surface area (Å²) in [6.07, 6.45) is 2.04. The molecule has 2 N–H and O–H groups in total. The molecular weight excluding hydrogens is 302 g/mol. The first-order valence-corrected chi connectivity index (χ1v) is 8.56. The largest absolute Gasteiger partial charge is 0.344 e. The molecule has 3 rings (SSSR count). The second-order valence-electron chi connectivity index (χ2n) is 6.56. The van der Waals surface area contributed by atoms with E-state index in [-0.39, 0.29) is 11.9 Å². The molecule has 0 radical (unpaired) electrons. The minimum Gasteiger partial charge on any atom is -0.344 e. The molecular formula is C18H25N5O. The molecule has 6 nitrogen and oxygen atoms in total. The maximum atomic E-state index is 12.6. The molecule has 6 heteroatoms. The third-order valence-electron chi connectivity index (χ3n) is 4.72. The van der Waals surface area contributed by atoms with E-state index in [9.17, 15) is 4.79 Å². The third-order valence-corrected chi connectivity index (χ3v) is 4.72. The highest BCUT2D eigenvalue weighted by atomic mass is 16.2. The van der Waals surface area contributed by atoms with E-state index in [1.54, 1.807) is 0 Å². The molecule has 24 heavy (non-hydrogen) atoms. The molecule has 2 heterocycles. The maximum absolute atomic E-state index is 12.6. The number of hydrogen-bond donors (Lipinski definition) is 2. The summed E-state index contributed by atoms with van der Waals surface area (Å²) in [5.74, 6) is -0.166. The van der Waals surface area contributed by atoms with Gasteiger partial charge in [0.1, 0.15) is 0 Å². The number of benzene rings is 1. The number of piperidine rings is 1.